The molecule has 1 N–H and O–H groups in total. The number of imidazole rings is 1. The average Bonchev–Trinajstić information content (AvgIpc) is 3.34. The summed E-state index contributed by atoms with van der Waals surface area (Å²) in [5.41, 5.74) is 3.10. The number of aryl methyl sites for hydroxylation is 1. The highest BCUT2D eigenvalue weighted by molar-refractivity contribution is 5.82. The van der Waals surface area contributed by atoms with E-state index in [4.69, 9.17) is 9.26 Å². The van der Waals surface area contributed by atoms with Crippen molar-refractivity contribution in [2.45, 2.75) is 33.4 Å². The predicted octanol–water partition coefficient (Wildman–Crippen LogP) is 4.48. The van der Waals surface area contributed by atoms with Crippen molar-refractivity contribution in [3.8, 4) is 17.1 Å². The summed E-state index contributed by atoms with van der Waals surface area (Å²) in [7, 11) is 2.00. The fourth-order valence-corrected chi connectivity index (χ4v) is 2.83. The van der Waals surface area contributed by atoms with Crippen LogP contribution in [0.3, 0.4) is 0 Å². The zero-order valence-corrected chi connectivity index (χ0v) is 16.7. The lowest BCUT2D eigenvalue weighted by molar-refractivity contribution is 0.242. The largest absolute Gasteiger partial charge is 0.484 e. The van der Waals surface area contributed by atoms with Crippen molar-refractivity contribution < 1.29 is 13.7 Å². The number of H-pyrrole nitrogens is 1. The Labute approximate surface area is 167 Å². The van der Waals surface area contributed by atoms with Gasteiger partial charge in [0.25, 0.3) is 5.89 Å². The van der Waals surface area contributed by atoms with Gasteiger partial charge in [0.15, 0.2) is 6.61 Å². The predicted molar refractivity (Wildman–Crippen MR) is 108 cm³/mol. The number of rotatable bonds is 6. The topological polar surface area (TPSA) is 80.1 Å². The maximum atomic E-state index is 13.3. The Morgan fingerprint density at radius 3 is 2.76 bits per heavy atom. The fraction of sp³-hybridized carbons (Fsp3) is 0.286. The number of benzene rings is 2. The highest BCUT2D eigenvalue weighted by Crippen LogP contribution is 2.24. The minimum Gasteiger partial charge on any atom is -0.484 e. The third-order valence-electron chi connectivity index (χ3n) is 4.80. The van der Waals surface area contributed by atoms with E-state index in [0.29, 0.717) is 29.1 Å². The van der Waals surface area contributed by atoms with Crippen LogP contribution in [0.25, 0.3) is 22.4 Å². The molecule has 2 aromatic heterocycles. The molecule has 0 fully saturated rings. The molecule has 0 radical (unpaired) electrons. The number of nitrogens with one attached hydrogen (secondary N) is 1. The van der Waals surface area contributed by atoms with Gasteiger partial charge in [0.05, 0.1) is 11.0 Å². The van der Waals surface area contributed by atoms with Gasteiger partial charge in [0.2, 0.25) is 11.8 Å². The second kappa shape index (κ2) is 7.54. The average molecular weight is 395 g/mol. The van der Waals surface area contributed by atoms with Gasteiger partial charge >= 0.3 is 0 Å². The van der Waals surface area contributed by atoms with Crippen LogP contribution >= 0.6 is 0 Å². The van der Waals surface area contributed by atoms with Gasteiger partial charge in [-0.1, -0.05) is 5.16 Å². The number of hydrogen-bond donors (Lipinski definition) is 1. The van der Waals surface area contributed by atoms with E-state index in [-0.39, 0.29) is 12.4 Å². The number of nitrogens with zero attached hydrogens (tertiary/aromatic N) is 4. The molecule has 0 unspecified atom stereocenters. The first kappa shape index (κ1) is 18.9. The monoisotopic (exact) mass is 395 g/mol. The van der Waals surface area contributed by atoms with Gasteiger partial charge < -0.3 is 19.1 Å². The summed E-state index contributed by atoms with van der Waals surface area (Å²) in [6.45, 7) is 6.00. The number of halogens is 1. The number of aromatic amines is 1. The van der Waals surface area contributed by atoms with Crippen molar-refractivity contribution in [2.75, 3.05) is 11.9 Å². The minimum absolute atomic E-state index is 0.105. The maximum absolute atomic E-state index is 13.3. The zero-order chi connectivity index (χ0) is 20.5. The standard InChI is InChI=1S/C21H22FN5O2/c1-12(2)27(4)21-23-17-8-5-14(10-18(17)24-21)20-25-19(29-26-20)11-28-15-6-7-16(22)13(3)9-15/h5-10,12H,11H2,1-4H3,(H,23,24). The highest BCUT2D eigenvalue weighted by Gasteiger charge is 2.14. The summed E-state index contributed by atoms with van der Waals surface area (Å²) < 4.78 is 24.2. The van der Waals surface area contributed by atoms with E-state index in [9.17, 15) is 4.39 Å². The van der Waals surface area contributed by atoms with Gasteiger partial charge in [-0.15, -0.1) is 0 Å². The first-order valence-electron chi connectivity index (χ1n) is 9.35. The molecule has 0 saturated carbocycles. The van der Waals surface area contributed by atoms with Crippen molar-refractivity contribution in [3.05, 3.63) is 53.7 Å². The lowest BCUT2D eigenvalue weighted by atomic mass is 10.2. The van der Waals surface area contributed by atoms with Gasteiger partial charge in [-0.3, -0.25) is 0 Å². The molecule has 0 saturated heterocycles. The summed E-state index contributed by atoms with van der Waals surface area (Å²) in [4.78, 5) is 14.4. The van der Waals surface area contributed by atoms with Crippen LogP contribution in [0.4, 0.5) is 10.3 Å². The molecule has 29 heavy (non-hydrogen) atoms. The lowest BCUT2D eigenvalue weighted by Gasteiger charge is -2.19. The summed E-state index contributed by atoms with van der Waals surface area (Å²) >= 11 is 0. The normalized spacial score (nSPS) is 11.4. The second-order valence-electron chi connectivity index (χ2n) is 7.21. The Kier molecular flexibility index (Phi) is 4.92. The number of hydrogen-bond acceptors (Lipinski definition) is 6. The van der Waals surface area contributed by atoms with E-state index in [1.165, 1.54) is 6.07 Å². The summed E-state index contributed by atoms with van der Waals surface area (Å²) in [6.07, 6.45) is 0. The smallest absolute Gasteiger partial charge is 0.264 e. The number of fused-ring (bicyclic) bond motifs is 1. The molecule has 0 atom stereocenters. The molecule has 0 spiro atoms. The summed E-state index contributed by atoms with van der Waals surface area (Å²) in [6, 6.07) is 10.7. The Morgan fingerprint density at radius 2 is 2.00 bits per heavy atom. The molecule has 7 nitrogen and oxygen atoms in total. The third-order valence-corrected chi connectivity index (χ3v) is 4.80. The molecule has 2 heterocycles. The van der Waals surface area contributed by atoms with Crippen molar-refractivity contribution in [3.63, 3.8) is 0 Å². The van der Waals surface area contributed by atoms with Crippen LogP contribution in [0.2, 0.25) is 0 Å². The second-order valence-corrected chi connectivity index (χ2v) is 7.21. The van der Waals surface area contributed by atoms with Gasteiger partial charge in [0, 0.05) is 18.7 Å². The van der Waals surface area contributed by atoms with E-state index in [0.717, 1.165) is 22.5 Å². The Hall–Kier alpha value is -3.42. The van der Waals surface area contributed by atoms with Gasteiger partial charge in [-0.2, -0.15) is 4.98 Å². The molecular formula is C21H22FN5O2. The van der Waals surface area contributed by atoms with Crippen LogP contribution in [0.15, 0.2) is 40.9 Å². The van der Waals surface area contributed by atoms with E-state index in [2.05, 4.69) is 38.9 Å². The molecular weight excluding hydrogens is 373 g/mol. The molecule has 2 aromatic carbocycles. The van der Waals surface area contributed by atoms with Gasteiger partial charge in [-0.25, -0.2) is 9.37 Å². The quantitative estimate of drug-likeness (QED) is 0.518. The summed E-state index contributed by atoms with van der Waals surface area (Å²) in [5, 5.41) is 4.04. The van der Waals surface area contributed by atoms with E-state index in [1.807, 2.05) is 25.2 Å². The van der Waals surface area contributed by atoms with Gasteiger partial charge in [-0.05, 0) is 62.7 Å². The lowest BCUT2D eigenvalue weighted by Crippen LogP contribution is -2.26. The molecule has 4 aromatic rings. The molecule has 0 aliphatic heterocycles. The first-order valence-corrected chi connectivity index (χ1v) is 9.35. The van der Waals surface area contributed by atoms with Crippen molar-refractivity contribution >= 4 is 17.0 Å². The third kappa shape index (κ3) is 3.91. The van der Waals surface area contributed by atoms with E-state index in [1.54, 1.807) is 19.1 Å². The van der Waals surface area contributed by atoms with Crippen LogP contribution < -0.4 is 9.64 Å². The SMILES string of the molecule is Cc1cc(OCc2nc(-c3ccc4nc(N(C)C(C)C)[nH]c4c3)no2)ccc1F. The summed E-state index contributed by atoms with van der Waals surface area (Å²) in [5.74, 6) is 1.89. The van der Waals surface area contributed by atoms with Crippen LogP contribution in [-0.2, 0) is 6.61 Å². The van der Waals surface area contributed by atoms with Gasteiger partial charge in [0.1, 0.15) is 11.6 Å². The van der Waals surface area contributed by atoms with E-state index >= 15 is 0 Å². The molecule has 4 rings (SSSR count). The van der Waals surface area contributed by atoms with Crippen LogP contribution in [0.1, 0.15) is 25.3 Å². The molecule has 0 bridgehead atoms. The number of ether oxygens (including phenoxy) is 1. The Bertz CT molecular complexity index is 1150. The zero-order valence-electron chi connectivity index (χ0n) is 16.7. The van der Waals surface area contributed by atoms with Crippen molar-refractivity contribution in [1.82, 2.24) is 20.1 Å². The molecule has 150 valence electrons. The van der Waals surface area contributed by atoms with Crippen LogP contribution in [-0.4, -0.2) is 33.2 Å². The highest BCUT2D eigenvalue weighted by atomic mass is 19.1. The van der Waals surface area contributed by atoms with Crippen molar-refractivity contribution in [1.29, 1.82) is 0 Å². The molecule has 8 heteroatoms. The van der Waals surface area contributed by atoms with Crippen LogP contribution in [0.5, 0.6) is 5.75 Å². The van der Waals surface area contributed by atoms with Crippen molar-refractivity contribution in [2.24, 2.45) is 0 Å². The fourth-order valence-electron chi connectivity index (χ4n) is 2.83. The molecule has 0 aliphatic carbocycles. The molecule has 0 amide bonds. The molecule has 0 aliphatic rings. The number of aromatic nitrogens is 4. The maximum Gasteiger partial charge on any atom is 0.264 e. The minimum atomic E-state index is -0.269. The Balaban J connectivity index is 1.51. The van der Waals surface area contributed by atoms with Crippen LogP contribution in [0, 0.1) is 12.7 Å². The Morgan fingerprint density at radius 1 is 1.17 bits per heavy atom. The van der Waals surface area contributed by atoms with E-state index < -0.39 is 0 Å². The number of anilines is 1. The first-order chi connectivity index (χ1) is 13.9.